The molecule has 2 N–H and O–H groups in total. The normalized spacial score (nSPS) is 20.3. The van der Waals surface area contributed by atoms with Crippen molar-refractivity contribution < 1.29 is 19.0 Å². The highest BCUT2D eigenvalue weighted by Crippen LogP contribution is 2.31. The Bertz CT molecular complexity index is 543. The van der Waals surface area contributed by atoms with Crippen molar-refractivity contribution in [3.05, 3.63) is 23.3 Å². The summed E-state index contributed by atoms with van der Waals surface area (Å²) in [5, 5.41) is 0. The van der Waals surface area contributed by atoms with Crippen molar-refractivity contribution >= 4 is 18.3 Å². The Morgan fingerprint density at radius 3 is 2.29 bits per heavy atom. The minimum atomic E-state index is -0.0494. The molecule has 1 aliphatic rings. The molecule has 0 saturated carbocycles. The van der Waals surface area contributed by atoms with Gasteiger partial charge in [-0.1, -0.05) is 0 Å². The van der Waals surface area contributed by atoms with Crippen molar-refractivity contribution in [2.24, 2.45) is 5.73 Å². The zero-order valence-electron chi connectivity index (χ0n) is 14.7. The standard InChI is InChI=1S/C17H26N2O4.ClH/c1-11-15(22-3)7-12(8-16(11)23-4)17(20)19-6-5-14(21-2)9-13(19)10-18;/h7-8,13-14H,5-6,9-10,18H2,1-4H3;1H. The number of benzene rings is 1. The first kappa shape index (κ1) is 20.5. The summed E-state index contributed by atoms with van der Waals surface area (Å²) in [4.78, 5) is 14.8. The second-order valence-electron chi connectivity index (χ2n) is 5.78. The van der Waals surface area contributed by atoms with Crippen molar-refractivity contribution in [1.29, 1.82) is 0 Å². The first-order chi connectivity index (χ1) is 11.0. The van der Waals surface area contributed by atoms with Gasteiger partial charge in [0.25, 0.3) is 5.91 Å². The van der Waals surface area contributed by atoms with Crippen LogP contribution in [0.2, 0.25) is 0 Å². The van der Waals surface area contributed by atoms with E-state index >= 15 is 0 Å². The van der Waals surface area contributed by atoms with Crippen LogP contribution in [0.5, 0.6) is 11.5 Å². The molecule has 1 heterocycles. The van der Waals surface area contributed by atoms with E-state index in [-0.39, 0.29) is 30.5 Å². The second-order valence-corrected chi connectivity index (χ2v) is 5.78. The van der Waals surface area contributed by atoms with Gasteiger partial charge in [-0.3, -0.25) is 4.79 Å². The Hall–Kier alpha value is -1.50. The fraction of sp³-hybridized carbons (Fsp3) is 0.588. The number of methoxy groups -OCH3 is 3. The zero-order chi connectivity index (χ0) is 17.0. The lowest BCUT2D eigenvalue weighted by molar-refractivity contribution is 0.0138. The van der Waals surface area contributed by atoms with E-state index in [4.69, 9.17) is 19.9 Å². The third-order valence-corrected chi connectivity index (χ3v) is 4.53. The molecule has 0 aliphatic carbocycles. The fourth-order valence-corrected chi connectivity index (χ4v) is 3.09. The zero-order valence-corrected chi connectivity index (χ0v) is 15.5. The number of ether oxygens (including phenoxy) is 3. The Morgan fingerprint density at radius 2 is 1.83 bits per heavy atom. The van der Waals surface area contributed by atoms with Crippen LogP contribution in [0.15, 0.2) is 12.1 Å². The van der Waals surface area contributed by atoms with Gasteiger partial charge in [-0.15, -0.1) is 12.4 Å². The molecular weight excluding hydrogens is 332 g/mol. The molecular formula is C17H27ClN2O4. The quantitative estimate of drug-likeness (QED) is 0.871. The van der Waals surface area contributed by atoms with Gasteiger partial charge in [0.05, 0.1) is 20.3 Å². The average Bonchev–Trinajstić information content (AvgIpc) is 2.60. The summed E-state index contributed by atoms with van der Waals surface area (Å²) in [6, 6.07) is 3.51. The molecule has 6 nitrogen and oxygen atoms in total. The molecule has 2 rings (SSSR count). The lowest BCUT2D eigenvalue weighted by Gasteiger charge is -2.38. The number of hydrogen-bond donors (Lipinski definition) is 1. The molecule has 1 aromatic carbocycles. The number of piperidine rings is 1. The summed E-state index contributed by atoms with van der Waals surface area (Å²) in [5.41, 5.74) is 7.29. The molecule has 1 saturated heterocycles. The minimum Gasteiger partial charge on any atom is -0.496 e. The van der Waals surface area contributed by atoms with Crippen molar-refractivity contribution in [2.45, 2.75) is 31.9 Å². The lowest BCUT2D eigenvalue weighted by Crippen LogP contribution is -2.51. The van der Waals surface area contributed by atoms with Gasteiger partial charge in [0, 0.05) is 37.4 Å². The molecule has 7 heteroatoms. The highest BCUT2D eigenvalue weighted by molar-refractivity contribution is 5.95. The molecule has 1 aliphatic heterocycles. The number of amides is 1. The molecule has 0 spiro atoms. The van der Waals surface area contributed by atoms with Gasteiger partial charge in [0.2, 0.25) is 0 Å². The summed E-state index contributed by atoms with van der Waals surface area (Å²) < 4.78 is 16.1. The number of nitrogens with two attached hydrogens (primary N) is 1. The van der Waals surface area contributed by atoms with E-state index in [0.29, 0.717) is 30.2 Å². The van der Waals surface area contributed by atoms with Crippen LogP contribution in [0.1, 0.15) is 28.8 Å². The number of likely N-dealkylation sites (tertiary alicyclic amines) is 1. The Balaban J connectivity index is 0.00000288. The van der Waals surface area contributed by atoms with Gasteiger partial charge in [-0.05, 0) is 31.9 Å². The Kier molecular flexibility index (Phi) is 7.79. The SMILES string of the molecule is COc1cc(C(=O)N2CCC(OC)CC2CN)cc(OC)c1C.Cl. The molecule has 24 heavy (non-hydrogen) atoms. The Labute approximate surface area is 149 Å². The predicted molar refractivity (Wildman–Crippen MR) is 95.4 cm³/mol. The summed E-state index contributed by atoms with van der Waals surface area (Å²) in [6.07, 6.45) is 1.74. The van der Waals surface area contributed by atoms with Crippen LogP contribution < -0.4 is 15.2 Å². The van der Waals surface area contributed by atoms with Gasteiger partial charge < -0.3 is 24.8 Å². The summed E-state index contributed by atoms with van der Waals surface area (Å²) in [5.74, 6) is 1.24. The van der Waals surface area contributed by atoms with Crippen LogP contribution in [0.25, 0.3) is 0 Å². The third kappa shape index (κ3) is 4.12. The maximum Gasteiger partial charge on any atom is 0.254 e. The molecule has 0 radical (unpaired) electrons. The van der Waals surface area contributed by atoms with E-state index < -0.39 is 0 Å². The molecule has 1 aromatic rings. The third-order valence-electron chi connectivity index (χ3n) is 4.53. The number of halogens is 1. The number of carbonyl (C=O) groups excluding carboxylic acids is 1. The summed E-state index contributed by atoms with van der Waals surface area (Å²) >= 11 is 0. The van der Waals surface area contributed by atoms with Gasteiger partial charge in [0.15, 0.2) is 0 Å². The van der Waals surface area contributed by atoms with Crippen molar-refractivity contribution in [1.82, 2.24) is 4.90 Å². The van der Waals surface area contributed by atoms with Crippen LogP contribution >= 0.6 is 12.4 Å². The largest absolute Gasteiger partial charge is 0.496 e. The first-order valence-corrected chi connectivity index (χ1v) is 7.82. The Morgan fingerprint density at radius 1 is 1.25 bits per heavy atom. The van der Waals surface area contributed by atoms with E-state index in [1.165, 1.54) is 0 Å². The van der Waals surface area contributed by atoms with Gasteiger partial charge in [0.1, 0.15) is 11.5 Å². The molecule has 136 valence electrons. The van der Waals surface area contributed by atoms with E-state index in [1.807, 2.05) is 11.8 Å². The van der Waals surface area contributed by atoms with Gasteiger partial charge in [-0.25, -0.2) is 0 Å². The number of rotatable bonds is 5. The fourth-order valence-electron chi connectivity index (χ4n) is 3.09. The maximum atomic E-state index is 12.9. The second kappa shape index (κ2) is 9.11. The molecule has 1 amide bonds. The van der Waals surface area contributed by atoms with E-state index in [0.717, 1.165) is 18.4 Å². The smallest absolute Gasteiger partial charge is 0.254 e. The van der Waals surface area contributed by atoms with Crippen molar-refractivity contribution in [3.63, 3.8) is 0 Å². The summed E-state index contributed by atoms with van der Waals surface area (Å²) in [7, 11) is 4.87. The first-order valence-electron chi connectivity index (χ1n) is 7.82. The van der Waals surface area contributed by atoms with Crippen LogP contribution in [0.4, 0.5) is 0 Å². The van der Waals surface area contributed by atoms with Crippen LogP contribution in [-0.4, -0.2) is 57.4 Å². The summed E-state index contributed by atoms with van der Waals surface area (Å²) in [6.45, 7) is 2.96. The molecule has 1 fully saturated rings. The average molecular weight is 359 g/mol. The minimum absolute atomic E-state index is 0. The number of hydrogen-bond acceptors (Lipinski definition) is 5. The van der Waals surface area contributed by atoms with E-state index in [9.17, 15) is 4.79 Å². The number of nitrogens with zero attached hydrogens (tertiary/aromatic N) is 1. The monoisotopic (exact) mass is 358 g/mol. The van der Waals surface area contributed by atoms with Crippen molar-refractivity contribution in [3.8, 4) is 11.5 Å². The molecule has 0 bridgehead atoms. The van der Waals surface area contributed by atoms with Crippen LogP contribution in [0.3, 0.4) is 0 Å². The topological polar surface area (TPSA) is 74.0 Å². The number of carbonyl (C=O) groups is 1. The highest BCUT2D eigenvalue weighted by Gasteiger charge is 2.31. The molecule has 2 atom stereocenters. The predicted octanol–water partition coefficient (Wildman–Crippen LogP) is 2.01. The van der Waals surface area contributed by atoms with Gasteiger partial charge in [-0.2, -0.15) is 0 Å². The highest BCUT2D eigenvalue weighted by atomic mass is 35.5. The van der Waals surface area contributed by atoms with Crippen LogP contribution in [0, 0.1) is 6.92 Å². The van der Waals surface area contributed by atoms with Crippen molar-refractivity contribution in [2.75, 3.05) is 34.4 Å². The van der Waals surface area contributed by atoms with E-state index in [2.05, 4.69) is 0 Å². The molecule has 0 aromatic heterocycles. The maximum absolute atomic E-state index is 12.9. The van der Waals surface area contributed by atoms with Gasteiger partial charge >= 0.3 is 0 Å². The van der Waals surface area contributed by atoms with Crippen LogP contribution in [-0.2, 0) is 4.74 Å². The van der Waals surface area contributed by atoms with E-state index in [1.54, 1.807) is 33.5 Å². The lowest BCUT2D eigenvalue weighted by atomic mass is 9.97. The molecule has 2 unspecified atom stereocenters.